The van der Waals surface area contributed by atoms with E-state index >= 15 is 0 Å². The Morgan fingerprint density at radius 2 is 1.60 bits per heavy atom. The van der Waals surface area contributed by atoms with Gasteiger partial charge < -0.3 is 14.8 Å². The summed E-state index contributed by atoms with van der Waals surface area (Å²) in [6.45, 7) is 9.82. The zero-order chi connectivity index (χ0) is 14.8. The lowest BCUT2D eigenvalue weighted by Crippen LogP contribution is -2.19. The van der Waals surface area contributed by atoms with E-state index in [0.717, 1.165) is 17.2 Å². The van der Waals surface area contributed by atoms with E-state index in [1.807, 2.05) is 32.0 Å². The molecule has 1 aromatic carbocycles. The molecule has 0 atom stereocenters. The Morgan fingerprint density at radius 1 is 0.950 bits per heavy atom. The first kappa shape index (κ1) is 16.7. The third-order valence-corrected chi connectivity index (χ3v) is 3.20. The van der Waals surface area contributed by atoms with Gasteiger partial charge in [0.15, 0.2) is 0 Å². The summed E-state index contributed by atoms with van der Waals surface area (Å²) in [5.74, 6) is 1.80. The van der Waals surface area contributed by atoms with Crippen molar-refractivity contribution in [3.63, 3.8) is 0 Å². The average Bonchev–Trinajstić information content (AvgIpc) is 2.43. The molecular formula is C17H29NO2. The van der Waals surface area contributed by atoms with Gasteiger partial charge in [-0.15, -0.1) is 0 Å². The quantitative estimate of drug-likeness (QED) is 0.663. The second-order valence-electron chi connectivity index (χ2n) is 4.94. The van der Waals surface area contributed by atoms with E-state index in [0.29, 0.717) is 19.3 Å². The van der Waals surface area contributed by atoms with Gasteiger partial charge in [-0.05, 0) is 38.8 Å². The molecule has 1 rings (SSSR count). The summed E-state index contributed by atoms with van der Waals surface area (Å²) in [6.07, 6.45) is 4.73. The fourth-order valence-corrected chi connectivity index (χ4v) is 2.37. The fraction of sp³-hybridized carbons (Fsp3) is 0.647. The minimum Gasteiger partial charge on any atom is -0.494 e. The first-order chi connectivity index (χ1) is 9.74. The summed E-state index contributed by atoms with van der Waals surface area (Å²) in [6, 6.07) is 6.51. The molecule has 0 spiro atoms. The zero-order valence-electron chi connectivity index (χ0n) is 13.4. The Morgan fingerprint density at radius 3 is 2.15 bits per heavy atom. The molecule has 1 aromatic rings. The second-order valence-corrected chi connectivity index (χ2v) is 4.94. The fourth-order valence-electron chi connectivity index (χ4n) is 2.37. The van der Waals surface area contributed by atoms with E-state index in [1.54, 1.807) is 0 Å². The Kier molecular flexibility index (Phi) is 7.93. The Bertz CT molecular complexity index is 373. The summed E-state index contributed by atoms with van der Waals surface area (Å²) in [5.41, 5.74) is 1.05. The normalized spacial score (nSPS) is 10.7. The highest BCUT2D eigenvalue weighted by atomic mass is 16.5. The van der Waals surface area contributed by atoms with Crippen LogP contribution in [0.15, 0.2) is 18.2 Å². The standard InChI is InChI=1S/C17H29NO2/c1-5-9-14(10-6-2)18-16-13-15(19-7-3)11-12-17(16)20-8-4/h11-14,18H,5-10H2,1-4H3. The number of benzene rings is 1. The average molecular weight is 279 g/mol. The lowest BCUT2D eigenvalue weighted by Gasteiger charge is -2.21. The van der Waals surface area contributed by atoms with E-state index in [9.17, 15) is 0 Å². The van der Waals surface area contributed by atoms with Crippen molar-refractivity contribution in [2.75, 3.05) is 18.5 Å². The molecule has 0 saturated heterocycles. The molecular weight excluding hydrogens is 250 g/mol. The van der Waals surface area contributed by atoms with Crippen molar-refractivity contribution in [1.29, 1.82) is 0 Å². The second kappa shape index (κ2) is 9.51. The van der Waals surface area contributed by atoms with Gasteiger partial charge >= 0.3 is 0 Å². The van der Waals surface area contributed by atoms with Crippen LogP contribution in [0.4, 0.5) is 5.69 Å². The van der Waals surface area contributed by atoms with Crippen LogP contribution in [0, 0.1) is 0 Å². The van der Waals surface area contributed by atoms with Crippen LogP contribution >= 0.6 is 0 Å². The molecule has 1 N–H and O–H groups in total. The molecule has 0 aromatic heterocycles. The van der Waals surface area contributed by atoms with Crippen LogP contribution in [0.5, 0.6) is 11.5 Å². The summed E-state index contributed by atoms with van der Waals surface area (Å²) in [7, 11) is 0. The minimum atomic E-state index is 0.501. The SMILES string of the molecule is CCCC(CCC)Nc1cc(OCC)ccc1OCC. The lowest BCUT2D eigenvalue weighted by atomic mass is 10.1. The number of hydrogen-bond donors (Lipinski definition) is 1. The van der Waals surface area contributed by atoms with Crippen molar-refractivity contribution in [3.8, 4) is 11.5 Å². The van der Waals surface area contributed by atoms with Crippen molar-refractivity contribution < 1.29 is 9.47 Å². The highest BCUT2D eigenvalue weighted by Crippen LogP contribution is 2.31. The number of hydrogen-bond acceptors (Lipinski definition) is 3. The highest BCUT2D eigenvalue weighted by Gasteiger charge is 2.11. The monoisotopic (exact) mass is 279 g/mol. The van der Waals surface area contributed by atoms with Crippen LogP contribution < -0.4 is 14.8 Å². The van der Waals surface area contributed by atoms with Gasteiger partial charge in [-0.2, -0.15) is 0 Å². The van der Waals surface area contributed by atoms with Crippen LogP contribution in [-0.2, 0) is 0 Å². The predicted octanol–water partition coefficient (Wildman–Crippen LogP) is 4.86. The van der Waals surface area contributed by atoms with Gasteiger partial charge in [-0.3, -0.25) is 0 Å². The van der Waals surface area contributed by atoms with Gasteiger partial charge in [0.05, 0.1) is 18.9 Å². The maximum Gasteiger partial charge on any atom is 0.142 e. The number of nitrogens with one attached hydrogen (secondary N) is 1. The van der Waals surface area contributed by atoms with E-state index in [-0.39, 0.29) is 0 Å². The number of anilines is 1. The third-order valence-electron chi connectivity index (χ3n) is 3.20. The van der Waals surface area contributed by atoms with Crippen molar-refractivity contribution in [3.05, 3.63) is 18.2 Å². The van der Waals surface area contributed by atoms with Gasteiger partial charge in [-0.25, -0.2) is 0 Å². The van der Waals surface area contributed by atoms with E-state index < -0.39 is 0 Å². The molecule has 0 saturated carbocycles. The molecule has 0 aliphatic rings. The van der Waals surface area contributed by atoms with Crippen LogP contribution in [-0.4, -0.2) is 19.3 Å². The van der Waals surface area contributed by atoms with Crippen LogP contribution in [0.25, 0.3) is 0 Å². The largest absolute Gasteiger partial charge is 0.494 e. The molecule has 0 bridgehead atoms. The maximum absolute atomic E-state index is 5.71. The predicted molar refractivity (Wildman–Crippen MR) is 86.0 cm³/mol. The van der Waals surface area contributed by atoms with E-state index in [2.05, 4.69) is 19.2 Å². The molecule has 0 amide bonds. The summed E-state index contributed by atoms with van der Waals surface area (Å²) in [4.78, 5) is 0. The van der Waals surface area contributed by atoms with Crippen molar-refractivity contribution >= 4 is 5.69 Å². The topological polar surface area (TPSA) is 30.5 Å². The van der Waals surface area contributed by atoms with Crippen molar-refractivity contribution in [2.24, 2.45) is 0 Å². The molecule has 0 aliphatic carbocycles. The highest BCUT2D eigenvalue weighted by molar-refractivity contribution is 5.60. The van der Waals surface area contributed by atoms with E-state index in [4.69, 9.17) is 9.47 Å². The first-order valence-corrected chi connectivity index (χ1v) is 7.91. The van der Waals surface area contributed by atoms with Gasteiger partial charge in [-0.1, -0.05) is 26.7 Å². The van der Waals surface area contributed by atoms with Crippen LogP contribution in [0.1, 0.15) is 53.4 Å². The molecule has 0 radical (unpaired) electrons. The van der Waals surface area contributed by atoms with Crippen LogP contribution in [0.3, 0.4) is 0 Å². The molecule has 3 heteroatoms. The first-order valence-electron chi connectivity index (χ1n) is 7.91. The molecule has 114 valence electrons. The van der Waals surface area contributed by atoms with Gasteiger partial charge in [0.1, 0.15) is 11.5 Å². The molecule has 20 heavy (non-hydrogen) atoms. The lowest BCUT2D eigenvalue weighted by molar-refractivity contribution is 0.331. The van der Waals surface area contributed by atoms with Crippen molar-refractivity contribution in [1.82, 2.24) is 0 Å². The van der Waals surface area contributed by atoms with Crippen molar-refractivity contribution in [2.45, 2.75) is 59.4 Å². The smallest absolute Gasteiger partial charge is 0.142 e. The van der Waals surface area contributed by atoms with E-state index in [1.165, 1.54) is 25.7 Å². The molecule has 0 fully saturated rings. The third kappa shape index (κ3) is 5.32. The Balaban J connectivity index is 2.88. The number of ether oxygens (including phenoxy) is 2. The summed E-state index contributed by atoms with van der Waals surface area (Å²) < 4.78 is 11.3. The molecule has 0 aliphatic heterocycles. The summed E-state index contributed by atoms with van der Waals surface area (Å²) in [5, 5.41) is 3.63. The molecule has 0 unspecified atom stereocenters. The molecule has 3 nitrogen and oxygen atoms in total. The summed E-state index contributed by atoms with van der Waals surface area (Å²) >= 11 is 0. The van der Waals surface area contributed by atoms with Gasteiger partial charge in [0.25, 0.3) is 0 Å². The van der Waals surface area contributed by atoms with Crippen LogP contribution in [0.2, 0.25) is 0 Å². The minimum absolute atomic E-state index is 0.501. The van der Waals surface area contributed by atoms with Gasteiger partial charge in [0.2, 0.25) is 0 Å². The van der Waals surface area contributed by atoms with Gasteiger partial charge in [0, 0.05) is 12.1 Å². The maximum atomic E-state index is 5.71. The number of rotatable bonds is 10. The Hall–Kier alpha value is -1.38. The molecule has 0 heterocycles. The zero-order valence-corrected chi connectivity index (χ0v) is 13.4. The Labute approximate surface area is 123 Å².